The number of halogens is 1. The number of nitrogens with one attached hydrogen (secondary N) is 1. The molecule has 0 atom stereocenters. The van der Waals surface area contributed by atoms with Crippen LogP contribution in [-0.4, -0.2) is 10.9 Å². The zero-order valence-corrected chi connectivity index (χ0v) is 12.4. The third kappa shape index (κ3) is 3.17. The SMILES string of the molecule is CCc1cccc(CC)c1NC(=O)c1ccc(Cl)nc1. The number of carbonyl (C=O) groups excluding carboxylic acids is 1. The van der Waals surface area contributed by atoms with Crippen molar-refractivity contribution < 1.29 is 4.79 Å². The topological polar surface area (TPSA) is 42.0 Å². The van der Waals surface area contributed by atoms with Gasteiger partial charge in [-0.1, -0.05) is 43.6 Å². The molecule has 0 saturated heterocycles. The van der Waals surface area contributed by atoms with Crippen LogP contribution >= 0.6 is 11.6 Å². The Morgan fingerprint density at radius 1 is 1.15 bits per heavy atom. The highest BCUT2D eigenvalue weighted by molar-refractivity contribution is 6.29. The minimum Gasteiger partial charge on any atom is -0.321 e. The third-order valence-electron chi connectivity index (χ3n) is 3.23. The lowest BCUT2D eigenvalue weighted by molar-refractivity contribution is 0.102. The van der Waals surface area contributed by atoms with Crippen molar-refractivity contribution in [3.8, 4) is 0 Å². The monoisotopic (exact) mass is 288 g/mol. The molecule has 0 aliphatic carbocycles. The molecule has 1 N–H and O–H groups in total. The largest absolute Gasteiger partial charge is 0.321 e. The van der Waals surface area contributed by atoms with Crippen LogP contribution in [0.1, 0.15) is 35.3 Å². The minimum absolute atomic E-state index is 0.162. The summed E-state index contributed by atoms with van der Waals surface area (Å²) in [6.07, 6.45) is 3.24. The van der Waals surface area contributed by atoms with Crippen LogP contribution in [-0.2, 0) is 12.8 Å². The van der Waals surface area contributed by atoms with Gasteiger partial charge in [-0.05, 0) is 36.1 Å². The molecular formula is C16H17ClN2O. The first-order chi connectivity index (χ1) is 9.65. The van der Waals surface area contributed by atoms with E-state index in [0.717, 1.165) is 29.7 Å². The molecule has 0 unspecified atom stereocenters. The Kier molecular flexibility index (Phi) is 4.74. The van der Waals surface area contributed by atoms with Gasteiger partial charge in [-0.25, -0.2) is 4.98 Å². The van der Waals surface area contributed by atoms with Crippen molar-refractivity contribution in [2.24, 2.45) is 0 Å². The number of pyridine rings is 1. The lowest BCUT2D eigenvalue weighted by Crippen LogP contribution is -2.15. The number of anilines is 1. The maximum Gasteiger partial charge on any atom is 0.257 e. The predicted molar refractivity (Wildman–Crippen MR) is 82.4 cm³/mol. The quantitative estimate of drug-likeness (QED) is 0.860. The molecule has 0 radical (unpaired) electrons. The van der Waals surface area contributed by atoms with E-state index in [4.69, 9.17) is 11.6 Å². The smallest absolute Gasteiger partial charge is 0.257 e. The van der Waals surface area contributed by atoms with Gasteiger partial charge in [0.2, 0.25) is 0 Å². The van der Waals surface area contributed by atoms with Gasteiger partial charge < -0.3 is 5.32 Å². The van der Waals surface area contributed by atoms with Gasteiger partial charge in [0.05, 0.1) is 5.56 Å². The summed E-state index contributed by atoms with van der Waals surface area (Å²) in [7, 11) is 0. The van der Waals surface area contributed by atoms with Crippen LogP contribution in [0.3, 0.4) is 0 Å². The van der Waals surface area contributed by atoms with Gasteiger partial charge in [0, 0.05) is 11.9 Å². The molecular weight excluding hydrogens is 272 g/mol. The summed E-state index contributed by atoms with van der Waals surface area (Å²) in [5.74, 6) is -0.162. The lowest BCUT2D eigenvalue weighted by atomic mass is 10.0. The van der Waals surface area contributed by atoms with Gasteiger partial charge in [0.1, 0.15) is 5.15 Å². The molecule has 2 rings (SSSR count). The molecule has 20 heavy (non-hydrogen) atoms. The summed E-state index contributed by atoms with van der Waals surface area (Å²) in [6.45, 7) is 4.16. The van der Waals surface area contributed by atoms with E-state index >= 15 is 0 Å². The van der Waals surface area contributed by atoms with Crippen molar-refractivity contribution in [2.75, 3.05) is 5.32 Å². The number of hydrogen-bond acceptors (Lipinski definition) is 2. The van der Waals surface area contributed by atoms with Crippen LogP contribution in [0, 0.1) is 0 Å². The van der Waals surface area contributed by atoms with E-state index in [1.54, 1.807) is 12.1 Å². The van der Waals surface area contributed by atoms with E-state index < -0.39 is 0 Å². The molecule has 0 aliphatic heterocycles. The Labute approximate surface area is 124 Å². The molecule has 1 amide bonds. The molecule has 104 valence electrons. The molecule has 1 heterocycles. The Morgan fingerprint density at radius 3 is 2.30 bits per heavy atom. The first-order valence-electron chi connectivity index (χ1n) is 6.69. The Morgan fingerprint density at radius 2 is 1.80 bits per heavy atom. The first kappa shape index (κ1) is 14.5. The van der Waals surface area contributed by atoms with E-state index in [0.29, 0.717) is 10.7 Å². The predicted octanol–water partition coefficient (Wildman–Crippen LogP) is 4.11. The number of amides is 1. The highest BCUT2D eigenvalue weighted by Crippen LogP contribution is 2.23. The molecule has 3 nitrogen and oxygen atoms in total. The standard InChI is InChI=1S/C16H17ClN2O/c1-3-11-6-5-7-12(4-2)15(11)19-16(20)13-8-9-14(17)18-10-13/h5-10H,3-4H2,1-2H3,(H,19,20). The maximum atomic E-state index is 12.3. The van der Waals surface area contributed by atoms with Gasteiger partial charge in [0.25, 0.3) is 5.91 Å². The van der Waals surface area contributed by atoms with Crippen LogP contribution in [0.25, 0.3) is 0 Å². The molecule has 2 aromatic rings. The molecule has 0 spiro atoms. The number of hydrogen-bond donors (Lipinski definition) is 1. The van der Waals surface area contributed by atoms with Crippen LogP contribution in [0.5, 0.6) is 0 Å². The molecule has 0 saturated carbocycles. The highest BCUT2D eigenvalue weighted by atomic mass is 35.5. The lowest BCUT2D eigenvalue weighted by Gasteiger charge is -2.14. The number of aromatic nitrogens is 1. The van der Waals surface area contributed by atoms with Crippen molar-refractivity contribution in [2.45, 2.75) is 26.7 Å². The average molecular weight is 289 g/mol. The van der Waals surface area contributed by atoms with Crippen molar-refractivity contribution in [1.82, 2.24) is 4.98 Å². The van der Waals surface area contributed by atoms with Crippen LogP contribution < -0.4 is 5.32 Å². The second-order valence-electron chi connectivity index (χ2n) is 4.48. The number of benzene rings is 1. The van der Waals surface area contributed by atoms with Crippen LogP contribution in [0.15, 0.2) is 36.5 Å². The summed E-state index contributed by atoms with van der Waals surface area (Å²) >= 11 is 5.73. The Bertz CT molecular complexity index is 586. The number of rotatable bonds is 4. The van der Waals surface area contributed by atoms with E-state index in [9.17, 15) is 4.79 Å². The molecule has 0 bridgehead atoms. The molecule has 0 fully saturated rings. The first-order valence-corrected chi connectivity index (χ1v) is 7.07. The number of nitrogens with zero attached hydrogens (tertiary/aromatic N) is 1. The second kappa shape index (κ2) is 6.53. The normalized spacial score (nSPS) is 10.3. The average Bonchev–Trinajstić information content (AvgIpc) is 2.48. The number of carbonyl (C=O) groups is 1. The molecule has 1 aromatic carbocycles. The van der Waals surface area contributed by atoms with Gasteiger partial charge >= 0.3 is 0 Å². The van der Waals surface area contributed by atoms with Crippen molar-refractivity contribution in [1.29, 1.82) is 0 Å². The Hall–Kier alpha value is -1.87. The fourth-order valence-corrected chi connectivity index (χ4v) is 2.21. The third-order valence-corrected chi connectivity index (χ3v) is 3.45. The summed E-state index contributed by atoms with van der Waals surface area (Å²) in [4.78, 5) is 16.2. The molecule has 4 heteroatoms. The second-order valence-corrected chi connectivity index (χ2v) is 4.87. The highest BCUT2D eigenvalue weighted by Gasteiger charge is 2.11. The van der Waals surface area contributed by atoms with Gasteiger partial charge in [-0.2, -0.15) is 0 Å². The van der Waals surface area contributed by atoms with E-state index in [2.05, 4.69) is 24.1 Å². The van der Waals surface area contributed by atoms with Gasteiger partial charge in [-0.15, -0.1) is 0 Å². The fourth-order valence-electron chi connectivity index (χ4n) is 2.10. The van der Waals surface area contributed by atoms with E-state index in [1.807, 2.05) is 18.2 Å². The summed E-state index contributed by atoms with van der Waals surface area (Å²) in [6, 6.07) is 9.38. The summed E-state index contributed by atoms with van der Waals surface area (Å²) in [5, 5.41) is 3.37. The van der Waals surface area contributed by atoms with Crippen LogP contribution in [0.2, 0.25) is 5.15 Å². The number of para-hydroxylation sites is 1. The zero-order chi connectivity index (χ0) is 14.5. The van der Waals surface area contributed by atoms with E-state index in [1.165, 1.54) is 6.20 Å². The Balaban J connectivity index is 2.29. The number of aryl methyl sites for hydroxylation is 2. The van der Waals surface area contributed by atoms with Gasteiger partial charge in [-0.3, -0.25) is 4.79 Å². The van der Waals surface area contributed by atoms with Crippen LogP contribution in [0.4, 0.5) is 5.69 Å². The van der Waals surface area contributed by atoms with Crippen molar-refractivity contribution in [3.05, 3.63) is 58.4 Å². The maximum absolute atomic E-state index is 12.3. The summed E-state index contributed by atoms with van der Waals surface area (Å²) in [5.41, 5.74) is 3.69. The fraction of sp³-hybridized carbons (Fsp3) is 0.250. The van der Waals surface area contributed by atoms with Gasteiger partial charge in [0.15, 0.2) is 0 Å². The van der Waals surface area contributed by atoms with Crippen molar-refractivity contribution in [3.63, 3.8) is 0 Å². The molecule has 1 aromatic heterocycles. The van der Waals surface area contributed by atoms with Crippen molar-refractivity contribution >= 4 is 23.2 Å². The minimum atomic E-state index is -0.162. The zero-order valence-electron chi connectivity index (χ0n) is 11.6. The summed E-state index contributed by atoms with van der Waals surface area (Å²) < 4.78 is 0. The molecule has 0 aliphatic rings. The van der Waals surface area contributed by atoms with E-state index in [-0.39, 0.29) is 5.91 Å².